The Bertz CT molecular complexity index is 2370. The molecule has 0 amide bonds. The van der Waals surface area contributed by atoms with Crippen molar-refractivity contribution in [1.29, 1.82) is 0 Å². The van der Waals surface area contributed by atoms with Crippen LogP contribution in [0, 0.1) is 10.8 Å². The molecule has 0 aliphatic carbocycles. The van der Waals surface area contributed by atoms with Crippen LogP contribution >= 0.6 is 34.8 Å². The maximum Gasteiger partial charge on any atom is 0.489 e. The third-order valence-electron chi connectivity index (χ3n) is 8.11. The molecule has 0 aliphatic rings. The van der Waals surface area contributed by atoms with Crippen LogP contribution in [0.4, 0.5) is 0 Å². The van der Waals surface area contributed by atoms with E-state index in [1.165, 1.54) is 26.4 Å². The first-order valence-corrected chi connectivity index (χ1v) is 20.3. The van der Waals surface area contributed by atoms with E-state index in [0.29, 0.717) is 52.4 Å². The number of methoxy groups -OCH3 is 2. The number of benzene rings is 4. The van der Waals surface area contributed by atoms with Gasteiger partial charge < -0.3 is 39.2 Å². The largest absolute Gasteiger partial charge is 0.493 e. The summed E-state index contributed by atoms with van der Waals surface area (Å²) in [5.74, 6) is 2.89. The highest BCUT2D eigenvalue weighted by molar-refractivity contribution is 6.62. The summed E-state index contributed by atoms with van der Waals surface area (Å²) in [7, 11) is 1.39. The highest BCUT2D eigenvalue weighted by atomic mass is 35.5. The van der Waals surface area contributed by atoms with Crippen molar-refractivity contribution in [2.45, 2.75) is 54.8 Å². The van der Waals surface area contributed by atoms with Crippen molar-refractivity contribution in [3.05, 3.63) is 111 Å². The monoisotopic (exact) mass is 906 g/mol. The molecule has 0 fully saturated rings. The molecule has 0 bridgehead atoms. The van der Waals surface area contributed by atoms with Gasteiger partial charge in [-0.25, -0.2) is 4.98 Å². The quantitative estimate of drug-likeness (QED) is 0.0865. The Morgan fingerprint density at radius 1 is 0.532 bits per heavy atom. The van der Waals surface area contributed by atoms with Crippen LogP contribution in [0.3, 0.4) is 0 Å². The van der Waals surface area contributed by atoms with Gasteiger partial charge in [-0.2, -0.15) is 24.9 Å². The minimum Gasteiger partial charge on any atom is -0.493 e. The van der Waals surface area contributed by atoms with Crippen molar-refractivity contribution in [3.63, 3.8) is 0 Å². The van der Waals surface area contributed by atoms with Gasteiger partial charge in [-0.3, -0.25) is 0 Å². The van der Waals surface area contributed by atoms with Crippen LogP contribution in [-0.2, 0) is 13.2 Å². The fourth-order valence-electron chi connectivity index (χ4n) is 4.98. The number of hydrogen-bond acceptors (Lipinski definition) is 14. The molecule has 0 atom stereocenters. The Labute approximate surface area is 377 Å². The molecule has 2 aromatic heterocycles. The lowest BCUT2D eigenvalue weighted by Gasteiger charge is -2.18. The average Bonchev–Trinajstić information content (AvgIpc) is 3.25. The number of aliphatic hydroxyl groups is 2. The fraction of sp³-hybridized carbons (Fsp3) is 0.318. The number of hydrogen-bond donors (Lipinski definition) is 4. The highest BCUT2D eigenvalue weighted by Crippen LogP contribution is 2.30. The number of nitrogens with zero attached hydrogens (tertiary/aromatic N) is 6. The molecular formula is C44H50BCl3N6O8. The molecule has 6 aromatic rings. The van der Waals surface area contributed by atoms with E-state index in [4.69, 9.17) is 68.9 Å². The molecule has 6 rings (SSSR count). The third kappa shape index (κ3) is 15.7. The topological polar surface area (TPSA) is 195 Å². The molecule has 0 radical (unpaired) electrons. The first-order valence-electron chi connectivity index (χ1n) is 19.2. The van der Waals surface area contributed by atoms with Crippen LogP contribution in [0.15, 0.2) is 84.9 Å². The van der Waals surface area contributed by atoms with Gasteiger partial charge >= 0.3 is 19.1 Å². The average molecular weight is 908 g/mol. The first-order chi connectivity index (χ1) is 29.3. The number of rotatable bonds is 12. The Morgan fingerprint density at radius 3 is 1.42 bits per heavy atom. The summed E-state index contributed by atoms with van der Waals surface area (Å²) in [4.78, 5) is 25.3. The van der Waals surface area contributed by atoms with Crippen molar-refractivity contribution >= 4 is 47.4 Å². The minimum absolute atomic E-state index is 0.0809. The van der Waals surface area contributed by atoms with Gasteiger partial charge in [0.25, 0.3) is 0 Å². The molecule has 0 unspecified atom stereocenters. The zero-order valence-corrected chi connectivity index (χ0v) is 38.0. The Balaban J connectivity index is 0.000000223. The molecular weight excluding hydrogens is 858 g/mol. The van der Waals surface area contributed by atoms with E-state index in [1.807, 2.05) is 48.5 Å². The summed E-state index contributed by atoms with van der Waals surface area (Å²) < 4.78 is 21.8. The normalized spacial score (nSPS) is 11.1. The summed E-state index contributed by atoms with van der Waals surface area (Å²) in [6, 6.07) is 25.2. The Kier molecular flexibility index (Phi) is 18.2. The SMILES string of the molecule is COc1nc(-c2ccc(OCC(C)(C)C)cc2)nc(-c2cc(CO)ccc2Cl)n1.COc1nc(Cl)nc(-c2ccc(OCC(C)(C)C)cc2)n1.OCc1ccc(Cl)c(B(O)O)c1. The van der Waals surface area contributed by atoms with Gasteiger partial charge in [-0.1, -0.05) is 82.9 Å². The molecule has 14 nitrogen and oxygen atoms in total. The third-order valence-corrected chi connectivity index (χ3v) is 8.95. The van der Waals surface area contributed by atoms with Gasteiger partial charge in [0.15, 0.2) is 17.5 Å². The summed E-state index contributed by atoms with van der Waals surface area (Å²) >= 11 is 17.8. The lowest BCUT2D eigenvalue weighted by atomic mass is 9.79. The minimum atomic E-state index is -1.59. The van der Waals surface area contributed by atoms with Crippen LogP contribution in [0.25, 0.3) is 34.2 Å². The predicted octanol–water partition coefficient (Wildman–Crippen LogP) is 7.92. The predicted molar refractivity (Wildman–Crippen MR) is 242 cm³/mol. The van der Waals surface area contributed by atoms with E-state index < -0.39 is 7.12 Å². The molecule has 62 heavy (non-hydrogen) atoms. The van der Waals surface area contributed by atoms with E-state index >= 15 is 0 Å². The van der Waals surface area contributed by atoms with Crippen molar-refractivity contribution < 1.29 is 39.2 Å². The molecule has 328 valence electrons. The van der Waals surface area contributed by atoms with Crippen LogP contribution in [0.2, 0.25) is 15.3 Å². The second-order valence-electron chi connectivity index (χ2n) is 16.0. The van der Waals surface area contributed by atoms with E-state index in [0.717, 1.165) is 22.6 Å². The second-order valence-corrected chi connectivity index (χ2v) is 17.1. The maximum absolute atomic E-state index is 9.42. The summed E-state index contributed by atoms with van der Waals surface area (Å²) in [6.07, 6.45) is 0. The van der Waals surface area contributed by atoms with Crippen LogP contribution in [0.5, 0.6) is 23.5 Å². The Morgan fingerprint density at radius 2 is 0.968 bits per heavy atom. The molecule has 4 N–H and O–H groups in total. The van der Waals surface area contributed by atoms with Crippen molar-refractivity contribution in [2.75, 3.05) is 27.4 Å². The molecule has 0 saturated heterocycles. The van der Waals surface area contributed by atoms with Crippen LogP contribution in [-0.4, -0.2) is 84.7 Å². The van der Waals surface area contributed by atoms with Crippen LogP contribution in [0.1, 0.15) is 52.7 Å². The van der Waals surface area contributed by atoms with Gasteiger partial charge in [0.1, 0.15) is 11.5 Å². The van der Waals surface area contributed by atoms with E-state index in [2.05, 4.69) is 71.4 Å². The van der Waals surface area contributed by atoms with Crippen molar-refractivity contribution in [1.82, 2.24) is 29.9 Å². The summed E-state index contributed by atoms with van der Waals surface area (Å²) in [5, 5.41) is 36.6. The maximum atomic E-state index is 9.42. The van der Waals surface area contributed by atoms with Gasteiger partial charge in [0.05, 0.1) is 45.7 Å². The smallest absolute Gasteiger partial charge is 0.489 e. The van der Waals surface area contributed by atoms with Crippen molar-refractivity contribution in [2.24, 2.45) is 10.8 Å². The zero-order valence-electron chi connectivity index (χ0n) is 35.7. The van der Waals surface area contributed by atoms with Gasteiger partial charge in [0.2, 0.25) is 5.28 Å². The molecule has 0 saturated carbocycles. The van der Waals surface area contributed by atoms with E-state index in [-0.39, 0.29) is 51.8 Å². The fourth-order valence-corrected chi connectivity index (χ4v) is 5.55. The number of aromatic nitrogens is 6. The summed E-state index contributed by atoms with van der Waals surface area (Å²) in [5.41, 5.74) is 3.94. The molecule has 2 heterocycles. The molecule has 0 aliphatic heterocycles. The van der Waals surface area contributed by atoms with Crippen molar-refractivity contribution in [3.8, 4) is 57.7 Å². The van der Waals surface area contributed by atoms with Gasteiger partial charge in [-0.15, -0.1) is 0 Å². The number of halogens is 3. The number of ether oxygens (including phenoxy) is 4. The van der Waals surface area contributed by atoms with Crippen LogP contribution < -0.4 is 24.4 Å². The second kappa shape index (κ2) is 22.8. The lowest BCUT2D eigenvalue weighted by molar-refractivity contribution is 0.198. The lowest BCUT2D eigenvalue weighted by Crippen LogP contribution is -2.31. The molecule has 18 heteroatoms. The standard InChI is InChI=1S/C22H24ClN3O3.C15H18ClN3O2.C7H8BClO3/c1-22(2,3)13-29-16-8-6-15(7-9-16)19-24-20(26-21(25-19)28-4)17-11-14(12-27)5-10-18(17)23;1-15(2,3)9-21-11-7-5-10(6-8-11)12-17-13(16)19-14(18-12)20-4;9-7-2-1-5(4-10)3-6(7)8(11)12/h5-11,27H,12-13H2,1-4H3;5-8H,9H2,1-4H3;1-3,10-12H,4H2. The Hall–Kier alpha value is -5.13. The van der Waals surface area contributed by atoms with E-state index in [1.54, 1.807) is 24.3 Å². The number of aliphatic hydroxyl groups excluding tert-OH is 2. The van der Waals surface area contributed by atoms with Gasteiger partial charge in [0, 0.05) is 27.2 Å². The van der Waals surface area contributed by atoms with E-state index in [9.17, 15) is 5.11 Å². The van der Waals surface area contributed by atoms with Gasteiger partial charge in [-0.05, 0) is 100 Å². The molecule has 4 aromatic carbocycles. The summed E-state index contributed by atoms with van der Waals surface area (Å²) in [6.45, 7) is 13.8. The molecule has 0 spiro atoms. The first kappa shape index (κ1) is 49.5. The highest BCUT2D eigenvalue weighted by Gasteiger charge is 2.17. The zero-order chi connectivity index (χ0) is 45.6.